The molecule has 0 N–H and O–H groups in total. The standard InChI is InChI=1S/C10H22P/c1-5-9-10-11(6-2,7-3)8-4/h9-10H,5-8H2,1-4H3/q+1. The normalized spacial score (nSPS) is 12.7. The summed E-state index contributed by atoms with van der Waals surface area (Å²) in [6.45, 7) is 9.22. The first-order valence-corrected chi connectivity index (χ1v) is 7.19. The highest BCUT2D eigenvalue weighted by Gasteiger charge is 2.26. The molecule has 0 saturated carbocycles. The summed E-state index contributed by atoms with van der Waals surface area (Å²) in [6, 6.07) is 0. The van der Waals surface area contributed by atoms with Gasteiger partial charge in [0.2, 0.25) is 0 Å². The van der Waals surface area contributed by atoms with Crippen LogP contribution in [0.1, 0.15) is 34.1 Å². The Morgan fingerprint density at radius 2 is 1.36 bits per heavy atom. The van der Waals surface area contributed by atoms with Gasteiger partial charge in [0.1, 0.15) is 0 Å². The fourth-order valence-corrected chi connectivity index (χ4v) is 3.95. The summed E-state index contributed by atoms with van der Waals surface area (Å²) in [7, 11) is -0.636. The van der Waals surface area contributed by atoms with Gasteiger partial charge in [-0.1, -0.05) is 6.92 Å². The second-order valence-electron chi connectivity index (χ2n) is 2.96. The lowest BCUT2D eigenvalue weighted by Gasteiger charge is -2.18. The van der Waals surface area contributed by atoms with Crippen LogP contribution in [-0.4, -0.2) is 18.5 Å². The predicted octanol–water partition coefficient (Wildman–Crippen LogP) is 3.99. The molecule has 0 amide bonds. The topological polar surface area (TPSA) is 0 Å². The summed E-state index contributed by atoms with van der Waals surface area (Å²) >= 11 is 0. The van der Waals surface area contributed by atoms with E-state index in [-0.39, 0.29) is 0 Å². The average molecular weight is 173 g/mol. The highest BCUT2D eigenvalue weighted by molar-refractivity contribution is 7.78. The van der Waals surface area contributed by atoms with Gasteiger partial charge in [-0.15, -0.1) is 0 Å². The minimum atomic E-state index is -0.636. The van der Waals surface area contributed by atoms with Gasteiger partial charge < -0.3 is 0 Å². The Morgan fingerprint density at radius 3 is 1.64 bits per heavy atom. The van der Waals surface area contributed by atoms with Crippen molar-refractivity contribution in [3.63, 3.8) is 0 Å². The van der Waals surface area contributed by atoms with Crippen molar-refractivity contribution < 1.29 is 0 Å². The second kappa shape index (κ2) is 5.77. The molecule has 0 saturated heterocycles. The highest BCUT2D eigenvalue weighted by Crippen LogP contribution is 2.59. The smallest absolute Gasteiger partial charge is 0.0607 e. The molecule has 0 aromatic carbocycles. The van der Waals surface area contributed by atoms with E-state index in [1.54, 1.807) is 0 Å². The molecule has 11 heavy (non-hydrogen) atoms. The molecule has 0 atom stereocenters. The zero-order valence-corrected chi connectivity index (χ0v) is 9.32. The first-order valence-electron chi connectivity index (χ1n) is 4.78. The lowest BCUT2D eigenvalue weighted by molar-refractivity contribution is 1.22. The van der Waals surface area contributed by atoms with Crippen LogP contribution < -0.4 is 0 Å². The summed E-state index contributed by atoms with van der Waals surface area (Å²) in [5.41, 5.74) is 0. The first-order chi connectivity index (χ1) is 5.24. The Bertz CT molecular complexity index is 104. The number of rotatable bonds is 5. The van der Waals surface area contributed by atoms with Crippen LogP contribution in [0.4, 0.5) is 0 Å². The molecular weight excluding hydrogens is 151 g/mol. The van der Waals surface area contributed by atoms with E-state index < -0.39 is 7.26 Å². The molecule has 1 heteroatoms. The second-order valence-corrected chi connectivity index (χ2v) is 7.59. The van der Waals surface area contributed by atoms with E-state index in [1.807, 2.05) is 0 Å². The van der Waals surface area contributed by atoms with Gasteiger partial charge in [0.15, 0.2) is 0 Å². The van der Waals surface area contributed by atoms with E-state index in [0.717, 1.165) is 0 Å². The number of hydrogen-bond donors (Lipinski definition) is 0. The Balaban J connectivity index is 4.16. The minimum Gasteiger partial charge on any atom is -0.0618 e. The van der Waals surface area contributed by atoms with Crippen molar-refractivity contribution in [3.05, 3.63) is 11.9 Å². The fourth-order valence-electron chi connectivity index (χ4n) is 1.32. The van der Waals surface area contributed by atoms with E-state index >= 15 is 0 Å². The molecule has 66 valence electrons. The summed E-state index contributed by atoms with van der Waals surface area (Å²) in [5, 5.41) is 0. The maximum atomic E-state index is 2.52. The van der Waals surface area contributed by atoms with Gasteiger partial charge in [0.25, 0.3) is 0 Å². The van der Waals surface area contributed by atoms with E-state index in [2.05, 4.69) is 39.6 Å². The average Bonchev–Trinajstić information content (AvgIpc) is 2.08. The lowest BCUT2D eigenvalue weighted by atomic mass is 10.5. The van der Waals surface area contributed by atoms with Gasteiger partial charge in [-0.05, 0) is 33.3 Å². The van der Waals surface area contributed by atoms with Crippen molar-refractivity contribution in [3.8, 4) is 0 Å². The molecule has 0 radical (unpaired) electrons. The maximum absolute atomic E-state index is 2.52. The van der Waals surface area contributed by atoms with Gasteiger partial charge in [0.05, 0.1) is 24.3 Å². The van der Waals surface area contributed by atoms with Crippen LogP contribution in [0.2, 0.25) is 0 Å². The molecule has 0 aromatic rings. The van der Waals surface area contributed by atoms with Gasteiger partial charge in [0, 0.05) is 7.26 Å². The van der Waals surface area contributed by atoms with Crippen LogP contribution in [0.3, 0.4) is 0 Å². The monoisotopic (exact) mass is 173 g/mol. The highest BCUT2D eigenvalue weighted by atomic mass is 31.2. The van der Waals surface area contributed by atoms with Crippen molar-refractivity contribution in [1.82, 2.24) is 0 Å². The maximum Gasteiger partial charge on any atom is 0.0607 e. The van der Waals surface area contributed by atoms with Crippen LogP contribution in [0.15, 0.2) is 11.9 Å². The molecular formula is C10H22P+. The first kappa shape index (κ1) is 11.2. The SMILES string of the molecule is CCC=C[P+](CC)(CC)CC. The zero-order valence-electron chi connectivity index (χ0n) is 8.43. The molecule has 0 bridgehead atoms. The molecule has 0 aliphatic rings. The van der Waals surface area contributed by atoms with Crippen molar-refractivity contribution in [2.75, 3.05) is 18.5 Å². The molecule has 0 aliphatic heterocycles. The van der Waals surface area contributed by atoms with Crippen molar-refractivity contribution in [2.45, 2.75) is 34.1 Å². The molecule has 0 rings (SSSR count). The Morgan fingerprint density at radius 1 is 0.909 bits per heavy atom. The van der Waals surface area contributed by atoms with Crippen LogP contribution in [0.5, 0.6) is 0 Å². The van der Waals surface area contributed by atoms with Crippen LogP contribution in [0, 0.1) is 0 Å². The van der Waals surface area contributed by atoms with Gasteiger partial charge in [-0.25, -0.2) is 0 Å². The molecule has 0 unspecified atom stereocenters. The Kier molecular flexibility index (Phi) is 5.86. The van der Waals surface area contributed by atoms with Gasteiger partial charge in [-0.3, -0.25) is 0 Å². The van der Waals surface area contributed by atoms with Crippen LogP contribution in [-0.2, 0) is 0 Å². The van der Waals surface area contributed by atoms with Crippen LogP contribution >= 0.6 is 7.26 Å². The Labute approximate surface area is 72.4 Å². The van der Waals surface area contributed by atoms with Crippen LogP contribution in [0.25, 0.3) is 0 Å². The number of allylic oxidation sites excluding steroid dienone is 1. The van der Waals surface area contributed by atoms with E-state index in [9.17, 15) is 0 Å². The van der Waals surface area contributed by atoms with Gasteiger partial charge in [-0.2, -0.15) is 0 Å². The summed E-state index contributed by atoms with van der Waals surface area (Å²) in [6.07, 6.45) is 7.70. The molecule has 0 heterocycles. The third kappa shape index (κ3) is 3.38. The summed E-state index contributed by atoms with van der Waals surface area (Å²) in [4.78, 5) is 0. The lowest BCUT2D eigenvalue weighted by Crippen LogP contribution is -1.98. The van der Waals surface area contributed by atoms with E-state index in [1.165, 1.54) is 24.9 Å². The molecule has 0 aliphatic carbocycles. The van der Waals surface area contributed by atoms with Gasteiger partial charge >= 0.3 is 0 Å². The van der Waals surface area contributed by atoms with Crippen molar-refractivity contribution in [1.29, 1.82) is 0 Å². The summed E-state index contributed by atoms with van der Waals surface area (Å²) < 4.78 is 0. The van der Waals surface area contributed by atoms with E-state index in [0.29, 0.717) is 0 Å². The summed E-state index contributed by atoms with van der Waals surface area (Å²) in [5.74, 6) is 2.52. The zero-order chi connectivity index (χ0) is 8.74. The predicted molar refractivity (Wildman–Crippen MR) is 58.0 cm³/mol. The third-order valence-corrected chi connectivity index (χ3v) is 7.17. The quantitative estimate of drug-likeness (QED) is 0.551. The largest absolute Gasteiger partial charge is 0.0618 e. The Hall–Kier alpha value is 0.170. The fraction of sp³-hybridized carbons (Fsp3) is 0.800. The van der Waals surface area contributed by atoms with Crippen molar-refractivity contribution in [2.24, 2.45) is 0 Å². The molecule has 0 fully saturated rings. The molecule has 0 nitrogen and oxygen atoms in total. The minimum absolute atomic E-state index is 0.636. The molecule has 0 aromatic heterocycles. The van der Waals surface area contributed by atoms with E-state index in [4.69, 9.17) is 0 Å². The van der Waals surface area contributed by atoms with Crippen molar-refractivity contribution >= 4 is 7.26 Å². The molecule has 0 spiro atoms. The number of hydrogen-bond acceptors (Lipinski definition) is 0. The third-order valence-electron chi connectivity index (χ3n) is 2.55.